The van der Waals surface area contributed by atoms with Crippen molar-refractivity contribution in [1.29, 1.82) is 0 Å². The van der Waals surface area contributed by atoms with Gasteiger partial charge in [-0.3, -0.25) is 0 Å². The summed E-state index contributed by atoms with van der Waals surface area (Å²) in [7, 11) is -3.96. The minimum Gasteiger partial charge on any atom is -0.304 e. The molecule has 0 spiro atoms. The number of nitrogens with zero attached hydrogens (tertiary/aromatic N) is 2. The van der Waals surface area contributed by atoms with Gasteiger partial charge in [-0.05, 0) is 42.5 Å². The summed E-state index contributed by atoms with van der Waals surface area (Å²) in [6.07, 6.45) is 5.39. The van der Waals surface area contributed by atoms with E-state index >= 15 is 0 Å². The van der Waals surface area contributed by atoms with E-state index in [1.165, 1.54) is 23.5 Å². The van der Waals surface area contributed by atoms with Gasteiger partial charge in [-0.2, -0.15) is 8.42 Å². The molecule has 3 rings (SSSR count). The lowest BCUT2D eigenvalue weighted by molar-refractivity contribution is 0.594. The Kier molecular flexibility index (Phi) is 4.58. The molecule has 0 saturated carbocycles. The molecule has 0 atom stereocenters. The Morgan fingerprint density at radius 1 is 1.25 bits per heavy atom. The average Bonchev–Trinajstić information content (AvgIpc) is 2.84. The van der Waals surface area contributed by atoms with E-state index in [0.29, 0.717) is 0 Å². The van der Waals surface area contributed by atoms with E-state index in [1.807, 2.05) is 18.2 Å². The lowest BCUT2D eigenvalue weighted by atomic mass is 10.3. The van der Waals surface area contributed by atoms with E-state index in [-0.39, 0.29) is 16.2 Å². The van der Waals surface area contributed by atoms with Gasteiger partial charge < -0.3 is 4.57 Å². The molecule has 0 aliphatic heterocycles. The van der Waals surface area contributed by atoms with Crippen molar-refractivity contribution in [3.8, 4) is 12.3 Å². The summed E-state index contributed by atoms with van der Waals surface area (Å²) in [5.41, 5.74) is 0.800. The Morgan fingerprint density at radius 2 is 1.96 bits per heavy atom. The number of thiazole rings is 1. The van der Waals surface area contributed by atoms with Crippen molar-refractivity contribution in [2.75, 3.05) is 0 Å². The van der Waals surface area contributed by atoms with Crippen molar-refractivity contribution < 1.29 is 12.8 Å². The molecule has 0 radical (unpaired) electrons. The molecule has 8 heteroatoms. The zero-order valence-corrected chi connectivity index (χ0v) is 15.3. The van der Waals surface area contributed by atoms with E-state index in [1.54, 1.807) is 4.57 Å². The summed E-state index contributed by atoms with van der Waals surface area (Å²) in [6.45, 7) is 0.194. The molecular weight excluding hydrogens is 415 g/mol. The first-order valence-electron chi connectivity index (χ1n) is 6.69. The summed E-state index contributed by atoms with van der Waals surface area (Å²) in [4.78, 5) is 0.195. The van der Waals surface area contributed by atoms with Gasteiger partial charge in [0.15, 0.2) is 0 Å². The lowest BCUT2D eigenvalue weighted by Crippen LogP contribution is -2.16. The molecule has 0 bridgehead atoms. The minimum absolute atomic E-state index is 0.0743. The van der Waals surface area contributed by atoms with Crippen LogP contribution >= 0.6 is 27.3 Å². The quantitative estimate of drug-likeness (QED) is 0.603. The van der Waals surface area contributed by atoms with Crippen molar-refractivity contribution >= 4 is 47.5 Å². The molecule has 0 aliphatic rings. The van der Waals surface area contributed by atoms with Gasteiger partial charge in [0.2, 0.25) is 4.80 Å². The van der Waals surface area contributed by atoms with Crippen LogP contribution in [0.15, 0.2) is 56.2 Å². The highest BCUT2D eigenvalue weighted by Crippen LogP contribution is 2.22. The van der Waals surface area contributed by atoms with Crippen LogP contribution in [-0.4, -0.2) is 13.0 Å². The number of sulfonamides is 1. The van der Waals surface area contributed by atoms with Gasteiger partial charge in [-0.15, -0.1) is 10.8 Å². The summed E-state index contributed by atoms with van der Waals surface area (Å²) in [6, 6.07) is 10.1. The van der Waals surface area contributed by atoms with Crippen LogP contribution in [0.2, 0.25) is 0 Å². The number of rotatable bonds is 3. The number of halogens is 2. The van der Waals surface area contributed by atoms with Crippen molar-refractivity contribution in [2.45, 2.75) is 11.4 Å². The molecule has 24 heavy (non-hydrogen) atoms. The maximum absolute atomic E-state index is 13.0. The van der Waals surface area contributed by atoms with Gasteiger partial charge in [0.1, 0.15) is 5.82 Å². The molecule has 1 heterocycles. The van der Waals surface area contributed by atoms with Crippen molar-refractivity contribution in [2.24, 2.45) is 4.40 Å². The average molecular weight is 425 g/mol. The summed E-state index contributed by atoms with van der Waals surface area (Å²) in [5.74, 6) is 1.99. The second kappa shape index (κ2) is 6.51. The van der Waals surface area contributed by atoms with Crippen LogP contribution in [0.5, 0.6) is 0 Å². The predicted octanol–water partition coefficient (Wildman–Crippen LogP) is 3.53. The van der Waals surface area contributed by atoms with Crippen LogP contribution in [-0.2, 0) is 16.6 Å². The van der Waals surface area contributed by atoms with Crippen LogP contribution in [0.1, 0.15) is 0 Å². The molecule has 1 aromatic heterocycles. The third kappa shape index (κ3) is 3.29. The first-order chi connectivity index (χ1) is 11.4. The molecule has 0 saturated heterocycles. The molecule has 2 aromatic carbocycles. The third-order valence-corrected chi connectivity index (χ3v) is 6.14. The fourth-order valence-electron chi connectivity index (χ4n) is 2.12. The molecule has 0 fully saturated rings. The summed E-state index contributed by atoms with van der Waals surface area (Å²) < 4.78 is 45.2. The largest absolute Gasteiger partial charge is 0.304 e. The van der Waals surface area contributed by atoms with E-state index in [9.17, 15) is 12.8 Å². The van der Waals surface area contributed by atoms with Crippen LogP contribution in [0, 0.1) is 18.2 Å². The highest BCUT2D eigenvalue weighted by molar-refractivity contribution is 9.10. The first kappa shape index (κ1) is 16.9. The monoisotopic (exact) mass is 424 g/mol. The normalized spacial score (nSPS) is 12.5. The fourth-order valence-corrected chi connectivity index (χ4v) is 4.91. The van der Waals surface area contributed by atoms with Crippen LogP contribution in [0.4, 0.5) is 4.39 Å². The number of hydrogen-bond donors (Lipinski definition) is 0. The molecular formula is C16H10BrFN2O2S2. The van der Waals surface area contributed by atoms with Crippen LogP contribution < -0.4 is 4.80 Å². The standard InChI is InChI=1S/C16H10BrFN2O2S2/c1-2-9-20-14-8-3-11(17)10-15(14)23-16(20)19-24(21,22)13-6-4-12(18)5-7-13/h1,3-8,10H,9H2. The predicted molar refractivity (Wildman–Crippen MR) is 95.5 cm³/mol. The molecule has 0 N–H and O–H groups in total. The number of hydrogen-bond acceptors (Lipinski definition) is 3. The number of fused-ring (bicyclic) bond motifs is 1. The van der Waals surface area contributed by atoms with Gasteiger partial charge in [-0.1, -0.05) is 33.2 Å². The van der Waals surface area contributed by atoms with E-state index in [2.05, 4.69) is 26.2 Å². The fraction of sp³-hybridized carbons (Fsp3) is 0.0625. The minimum atomic E-state index is -3.96. The Hall–Kier alpha value is -1.95. The first-order valence-corrected chi connectivity index (χ1v) is 9.74. The second-order valence-corrected chi connectivity index (χ2v) is 8.34. The van der Waals surface area contributed by atoms with Crippen molar-refractivity contribution in [3.05, 3.63) is 57.6 Å². The highest BCUT2D eigenvalue weighted by atomic mass is 79.9. The third-order valence-electron chi connectivity index (χ3n) is 3.20. The van der Waals surface area contributed by atoms with Gasteiger partial charge in [-0.25, -0.2) is 4.39 Å². The van der Waals surface area contributed by atoms with Crippen molar-refractivity contribution in [1.82, 2.24) is 4.57 Å². The highest BCUT2D eigenvalue weighted by Gasteiger charge is 2.15. The molecule has 0 aliphatic carbocycles. The van der Waals surface area contributed by atoms with Gasteiger partial charge in [0.05, 0.1) is 21.7 Å². The van der Waals surface area contributed by atoms with E-state index in [0.717, 1.165) is 26.8 Å². The lowest BCUT2D eigenvalue weighted by Gasteiger charge is -2.01. The molecule has 0 unspecified atom stereocenters. The number of terminal acetylenes is 1. The number of aromatic nitrogens is 1. The molecule has 122 valence electrons. The second-order valence-electron chi connectivity index (χ2n) is 4.81. The van der Waals surface area contributed by atoms with Crippen molar-refractivity contribution in [3.63, 3.8) is 0 Å². The van der Waals surface area contributed by atoms with Gasteiger partial charge in [0.25, 0.3) is 10.0 Å². The topological polar surface area (TPSA) is 51.4 Å². The SMILES string of the molecule is C#CCn1c(=NS(=O)(=O)c2ccc(F)cc2)sc2cc(Br)ccc21. The molecule has 3 aromatic rings. The van der Waals surface area contributed by atoms with Crippen LogP contribution in [0.25, 0.3) is 10.2 Å². The van der Waals surface area contributed by atoms with E-state index in [4.69, 9.17) is 6.42 Å². The smallest absolute Gasteiger partial charge is 0.285 e. The number of benzene rings is 2. The van der Waals surface area contributed by atoms with Crippen LogP contribution in [0.3, 0.4) is 0 Å². The Balaban J connectivity index is 2.24. The Bertz CT molecular complexity index is 1120. The molecule has 4 nitrogen and oxygen atoms in total. The maximum atomic E-state index is 13.0. The molecule has 0 amide bonds. The summed E-state index contributed by atoms with van der Waals surface area (Å²) >= 11 is 4.60. The summed E-state index contributed by atoms with van der Waals surface area (Å²) in [5, 5.41) is 0. The zero-order valence-electron chi connectivity index (χ0n) is 12.1. The Labute approximate surface area is 150 Å². The van der Waals surface area contributed by atoms with Gasteiger partial charge in [0, 0.05) is 4.47 Å². The maximum Gasteiger partial charge on any atom is 0.285 e. The van der Waals surface area contributed by atoms with Gasteiger partial charge >= 0.3 is 0 Å². The van der Waals surface area contributed by atoms with E-state index < -0.39 is 15.8 Å². The Morgan fingerprint density at radius 3 is 2.62 bits per heavy atom. The zero-order chi connectivity index (χ0) is 17.3.